The van der Waals surface area contributed by atoms with Crippen molar-refractivity contribution in [3.63, 3.8) is 0 Å². The molecule has 0 aromatic heterocycles. The van der Waals surface area contributed by atoms with Crippen molar-refractivity contribution < 1.29 is 0 Å². The number of hydrogen-bond donors (Lipinski definition) is 0. The maximum absolute atomic E-state index is 4.11. The van der Waals surface area contributed by atoms with E-state index in [4.69, 9.17) is 0 Å². The van der Waals surface area contributed by atoms with Gasteiger partial charge in [-0.15, -0.1) is 0 Å². The summed E-state index contributed by atoms with van der Waals surface area (Å²) in [6.45, 7) is 18.5. The van der Waals surface area contributed by atoms with Crippen molar-refractivity contribution in [2.24, 2.45) is 5.92 Å². The SMILES string of the molecule is C=C(C)N(C/C=C(/C)C1CC=C(C)CC1)C(C)(C)C. The molecule has 1 rings (SSSR count). The van der Waals surface area contributed by atoms with E-state index in [0.29, 0.717) is 0 Å². The minimum Gasteiger partial charge on any atom is -0.367 e. The molecule has 0 bridgehead atoms. The molecule has 0 N–H and O–H groups in total. The zero-order chi connectivity index (χ0) is 14.6. The molecular weight excluding hydrogens is 230 g/mol. The third-order valence-electron chi connectivity index (χ3n) is 4.15. The van der Waals surface area contributed by atoms with Crippen LogP contribution in [0.3, 0.4) is 0 Å². The highest BCUT2D eigenvalue weighted by molar-refractivity contribution is 5.14. The monoisotopic (exact) mass is 261 g/mol. The van der Waals surface area contributed by atoms with E-state index in [1.807, 2.05) is 0 Å². The van der Waals surface area contributed by atoms with Crippen LogP contribution in [0.5, 0.6) is 0 Å². The summed E-state index contributed by atoms with van der Waals surface area (Å²) in [6.07, 6.45) is 8.61. The van der Waals surface area contributed by atoms with Crippen LogP contribution in [0.4, 0.5) is 0 Å². The molecule has 1 heteroatoms. The van der Waals surface area contributed by atoms with Crippen molar-refractivity contribution in [1.29, 1.82) is 0 Å². The van der Waals surface area contributed by atoms with E-state index >= 15 is 0 Å². The second-order valence-electron chi connectivity index (χ2n) is 6.99. The van der Waals surface area contributed by atoms with Crippen molar-refractivity contribution in [3.8, 4) is 0 Å². The summed E-state index contributed by atoms with van der Waals surface area (Å²) in [7, 11) is 0. The van der Waals surface area contributed by atoms with Crippen LogP contribution in [0.25, 0.3) is 0 Å². The Morgan fingerprint density at radius 1 is 1.42 bits per heavy atom. The Balaban J connectivity index is 2.66. The molecule has 0 saturated carbocycles. The first-order chi connectivity index (χ1) is 8.71. The molecule has 1 aliphatic rings. The van der Waals surface area contributed by atoms with Crippen molar-refractivity contribution in [3.05, 3.63) is 35.6 Å². The highest BCUT2D eigenvalue weighted by Crippen LogP contribution is 2.29. The summed E-state index contributed by atoms with van der Waals surface area (Å²) >= 11 is 0. The van der Waals surface area contributed by atoms with Crippen LogP contribution in [-0.2, 0) is 0 Å². The third-order valence-corrected chi connectivity index (χ3v) is 4.15. The number of nitrogens with zero attached hydrogens (tertiary/aromatic N) is 1. The van der Waals surface area contributed by atoms with E-state index in [9.17, 15) is 0 Å². The predicted molar refractivity (Wildman–Crippen MR) is 86.1 cm³/mol. The lowest BCUT2D eigenvalue weighted by atomic mass is 9.85. The summed E-state index contributed by atoms with van der Waals surface area (Å²) < 4.78 is 0. The van der Waals surface area contributed by atoms with E-state index in [1.165, 1.54) is 19.3 Å². The van der Waals surface area contributed by atoms with Crippen molar-refractivity contribution in [2.45, 2.75) is 66.3 Å². The van der Waals surface area contributed by atoms with E-state index in [0.717, 1.165) is 18.2 Å². The Labute approximate surface area is 120 Å². The van der Waals surface area contributed by atoms with Gasteiger partial charge in [0.05, 0.1) is 0 Å². The van der Waals surface area contributed by atoms with Gasteiger partial charge in [-0.3, -0.25) is 0 Å². The lowest BCUT2D eigenvalue weighted by Crippen LogP contribution is -2.39. The average Bonchev–Trinajstić information content (AvgIpc) is 2.27. The van der Waals surface area contributed by atoms with E-state index in [1.54, 1.807) is 11.1 Å². The normalized spacial score (nSPS) is 21.1. The van der Waals surface area contributed by atoms with E-state index in [-0.39, 0.29) is 5.54 Å². The van der Waals surface area contributed by atoms with Crippen LogP contribution < -0.4 is 0 Å². The van der Waals surface area contributed by atoms with Crippen LogP contribution in [0, 0.1) is 5.92 Å². The summed E-state index contributed by atoms with van der Waals surface area (Å²) in [4.78, 5) is 2.38. The van der Waals surface area contributed by atoms with Gasteiger partial charge in [-0.2, -0.15) is 0 Å². The second kappa shape index (κ2) is 6.45. The van der Waals surface area contributed by atoms with Gasteiger partial charge in [0, 0.05) is 17.8 Å². The lowest BCUT2D eigenvalue weighted by molar-refractivity contribution is 0.205. The topological polar surface area (TPSA) is 3.24 Å². The minimum absolute atomic E-state index is 0.145. The fourth-order valence-electron chi connectivity index (χ4n) is 2.78. The summed E-state index contributed by atoms with van der Waals surface area (Å²) in [5.74, 6) is 0.746. The maximum Gasteiger partial charge on any atom is 0.0364 e. The quantitative estimate of drug-likeness (QED) is 0.620. The molecule has 19 heavy (non-hydrogen) atoms. The molecule has 0 aliphatic heterocycles. The highest BCUT2D eigenvalue weighted by Gasteiger charge is 2.20. The molecule has 1 nitrogen and oxygen atoms in total. The van der Waals surface area contributed by atoms with Crippen molar-refractivity contribution in [2.75, 3.05) is 6.54 Å². The fraction of sp³-hybridized carbons (Fsp3) is 0.667. The van der Waals surface area contributed by atoms with Gasteiger partial charge in [0.15, 0.2) is 0 Å². The second-order valence-corrected chi connectivity index (χ2v) is 6.99. The zero-order valence-electron chi connectivity index (χ0n) is 13.7. The van der Waals surface area contributed by atoms with Crippen LogP contribution in [-0.4, -0.2) is 17.0 Å². The fourth-order valence-corrected chi connectivity index (χ4v) is 2.78. The molecule has 0 spiro atoms. The molecule has 0 heterocycles. The zero-order valence-corrected chi connectivity index (χ0v) is 13.7. The van der Waals surface area contributed by atoms with E-state index < -0.39 is 0 Å². The predicted octanol–water partition coefficient (Wildman–Crippen LogP) is 5.31. The van der Waals surface area contributed by atoms with Crippen molar-refractivity contribution in [1.82, 2.24) is 4.90 Å². The van der Waals surface area contributed by atoms with Crippen LogP contribution >= 0.6 is 0 Å². The third kappa shape index (κ3) is 4.89. The molecule has 1 unspecified atom stereocenters. The molecule has 0 aromatic rings. The smallest absolute Gasteiger partial charge is 0.0364 e. The van der Waals surface area contributed by atoms with Gasteiger partial charge < -0.3 is 4.90 Å². The van der Waals surface area contributed by atoms with E-state index in [2.05, 4.69) is 65.2 Å². The lowest BCUT2D eigenvalue weighted by Gasteiger charge is -2.37. The Hall–Kier alpha value is -0.980. The van der Waals surface area contributed by atoms with Gasteiger partial charge in [0.1, 0.15) is 0 Å². The number of hydrogen-bond acceptors (Lipinski definition) is 1. The van der Waals surface area contributed by atoms with Crippen LogP contribution in [0.1, 0.15) is 60.8 Å². The van der Waals surface area contributed by atoms with Crippen LogP contribution in [0.2, 0.25) is 0 Å². The van der Waals surface area contributed by atoms with Gasteiger partial charge in [0.2, 0.25) is 0 Å². The van der Waals surface area contributed by atoms with Gasteiger partial charge >= 0.3 is 0 Å². The first-order valence-electron chi connectivity index (χ1n) is 7.47. The van der Waals surface area contributed by atoms with Gasteiger partial charge in [0.25, 0.3) is 0 Å². The van der Waals surface area contributed by atoms with Gasteiger partial charge in [-0.1, -0.05) is 29.9 Å². The molecule has 1 aliphatic carbocycles. The molecule has 0 amide bonds. The first-order valence-corrected chi connectivity index (χ1v) is 7.47. The summed E-state index contributed by atoms with van der Waals surface area (Å²) in [6, 6.07) is 0. The molecule has 0 aromatic carbocycles. The summed E-state index contributed by atoms with van der Waals surface area (Å²) in [5.41, 5.74) is 4.39. The minimum atomic E-state index is 0.145. The molecule has 0 saturated heterocycles. The maximum atomic E-state index is 4.11. The molecule has 108 valence electrons. The standard InChI is InChI=1S/C18H31N/c1-14(2)19(18(5,6)7)13-12-16(4)17-10-8-15(3)9-11-17/h8,12,17H,1,9-11,13H2,2-7H3/b16-12-. The van der Waals surface area contributed by atoms with Crippen LogP contribution in [0.15, 0.2) is 35.6 Å². The number of rotatable bonds is 4. The van der Waals surface area contributed by atoms with Gasteiger partial charge in [-0.05, 0) is 66.7 Å². The molecule has 0 radical (unpaired) electrons. The Morgan fingerprint density at radius 2 is 2.05 bits per heavy atom. The Kier molecular flexibility index (Phi) is 5.46. The van der Waals surface area contributed by atoms with Crippen molar-refractivity contribution >= 4 is 0 Å². The Bertz CT molecular complexity index is 379. The summed E-state index contributed by atoms with van der Waals surface area (Å²) in [5, 5.41) is 0. The van der Waals surface area contributed by atoms with Gasteiger partial charge in [-0.25, -0.2) is 0 Å². The average molecular weight is 261 g/mol. The molecule has 1 atom stereocenters. The highest BCUT2D eigenvalue weighted by atomic mass is 15.2. The largest absolute Gasteiger partial charge is 0.367 e. The Morgan fingerprint density at radius 3 is 2.47 bits per heavy atom. The molecule has 0 fully saturated rings. The first kappa shape index (κ1) is 16.1. The molecular formula is C18H31N. The number of allylic oxidation sites excluding steroid dienone is 4.